The number of hydrogen-bond acceptors (Lipinski definition) is 6. The Hall–Kier alpha value is -6.63. The molecule has 6 heteroatoms. The van der Waals surface area contributed by atoms with Crippen molar-refractivity contribution in [3.63, 3.8) is 0 Å². The summed E-state index contributed by atoms with van der Waals surface area (Å²) in [5.74, 6) is 1.84. The van der Waals surface area contributed by atoms with Crippen LogP contribution in [0.25, 0.3) is 109 Å². The number of furan rings is 2. The van der Waals surface area contributed by atoms with Gasteiger partial charge in [0.15, 0.2) is 17.5 Å². The summed E-state index contributed by atoms with van der Waals surface area (Å²) >= 11 is 1.80. The fourth-order valence-electron chi connectivity index (χ4n) is 7.40. The first-order chi connectivity index (χ1) is 25.2. The van der Waals surface area contributed by atoms with E-state index in [2.05, 4.69) is 91.0 Å². The van der Waals surface area contributed by atoms with E-state index in [1.54, 1.807) is 11.3 Å². The van der Waals surface area contributed by atoms with Crippen LogP contribution in [0.4, 0.5) is 0 Å². The maximum atomic E-state index is 6.47. The summed E-state index contributed by atoms with van der Waals surface area (Å²) in [6, 6.07) is 52.1. The van der Waals surface area contributed by atoms with Crippen molar-refractivity contribution < 1.29 is 8.83 Å². The average molecular weight is 672 g/mol. The second kappa shape index (κ2) is 10.9. The standard InChI is InChI=1S/C45H25N3O2S/c1-2-10-26(11-3-1)43-46-44(28-21-23-40-33(25-28)30-12-5-7-19-39(30)51-40)48-45(47-43)32-15-9-18-38-42(32)34-24-27(20-22-36(34)50-38)29-14-8-17-37-41(29)31-13-4-6-16-35(31)49-37/h1-25H. The maximum Gasteiger partial charge on any atom is 0.164 e. The highest BCUT2D eigenvalue weighted by Crippen LogP contribution is 2.42. The van der Waals surface area contributed by atoms with E-state index in [0.717, 1.165) is 71.7 Å². The normalized spacial score (nSPS) is 11.9. The van der Waals surface area contributed by atoms with Gasteiger partial charge in [-0.2, -0.15) is 0 Å². The van der Waals surface area contributed by atoms with Crippen molar-refractivity contribution in [2.24, 2.45) is 0 Å². The Morgan fingerprint density at radius 2 is 0.941 bits per heavy atom. The topological polar surface area (TPSA) is 65.0 Å². The number of para-hydroxylation sites is 1. The molecule has 0 aliphatic rings. The zero-order valence-corrected chi connectivity index (χ0v) is 27.8. The van der Waals surface area contributed by atoms with Crippen molar-refractivity contribution in [3.8, 4) is 45.3 Å². The van der Waals surface area contributed by atoms with E-state index in [9.17, 15) is 0 Å². The van der Waals surface area contributed by atoms with Crippen molar-refractivity contribution in [1.82, 2.24) is 15.0 Å². The minimum absolute atomic E-state index is 0.593. The van der Waals surface area contributed by atoms with Crippen molar-refractivity contribution in [1.29, 1.82) is 0 Å². The fraction of sp³-hybridized carbons (Fsp3) is 0. The first-order valence-electron chi connectivity index (χ1n) is 16.8. The van der Waals surface area contributed by atoms with E-state index >= 15 is 0 Å². The second-order valence-corrected chi connectivity index (χ2v) is 13.8. The highest BCUT2D eigenvalue weighted by atomic mass is 32.1. The molecule has 7 aromatic carbocycles. The molecular weight excluding hydrogens is 647 g/mol. The summed E-state index contributed by atoms with van der Waals surface area (Å²) < 4.78 is 15.2. The molecule has 238 valence electrons. The van der Waals surface area contributed by atoms with E-state index in [4.69, 9.17) is 23.8 Å². The predicted octanol–water partition coefficient (Wildman–Crippen LogP) is 12.7. The lowest BCUT2D eigenvalue weighted by atomic mass is 9.97. The minimum atomic E-state index is 0.593. The van der Waals surface area contributed by atoms with Crippen LogP contribution < -0.4 is 0 Å². The molecule has 0 radical (unpaired) electrons. The molecule has 11 aromatic rings. The third-order valence-corrected chi connectivity index (χ3v) is 10.9. The number of fused-ring (bicyclic) bond motifs is 9. The first kappa shape index (κ1) is 28.2. The Morgan fingerprint density at radius 1 is 0.353 bits per heavy atom. The van der Waals surface area contributed by atoms with Crippen molar-refractivity contribution >= 4 is 75.4 Å². The van der Waals surface area contributed by atoms with E-state index in [0.29, 0.717) is 17.5 Å². The number of aromatic nitrogens is 3. The lowest BCUT2D eigenvalue weighted by Crippen LogP contribution is -2.00. The highest BCUT2D eigenvalue weighted by Gasteiger charge is 2.20. The van der Waals surface area contributed by atoms with Gasteiger partial charge in [0.2, 0.25) is 0 Å². The number of nitrogens with zero attached hydrogens (tertiary/aromatic N) is 3. The van der Waals surface area contributed by atoms with E-state index in [1.807, 2.05) is 60.7 Å². The summed E-state index contributed by atoms with van der Waals surface area (Å²) in [7, 11) is 0. The lowest BCUT2D eigenvalue weighted by molar-refractivity contribution is 0.669. The first-order valence-corrected chi connectivity index (χ1v) is 17.7. The van der Waals surface area contributed by atoms with Crippen molar-refractivity contribution in [3.05, 3.63) is 152 Å². The van der Waals surface area contributed by atoms with Gasteiger partial charge in [-0.15, -0.1) is 11.3 Å². The van der Waals surface area contributed by atoms with Gasteiger partial charge in [0, 0.05) is 58.4 Å². The Kier molecular flexibility index (Phi) is 6.05. The molecule has 0 bridgehead atoms. The Morgan fingerprint density at radius 3 is 1.78 bits per heavy atom. The van der Waals surface area contributed by atoms with Crippen LogP contribution >= 0.6 is 11.3 Å². The van der Waals surface area contributed by atoms with Crippen molar-refractivity contribution in [2.75, 3.05) is 0 Å². The molecule has 0 saturated heterocycles. The third kappa shape index (κ3) is 4.43. The number of hydrogen-bond donors (Lipinski definition) is 0. The molecule has 0 N–H and O–H groups in total. The van der Waals surface area contributed by atoms with Gasteiger partial charge in [0.1, 0.15) is 22.3 Å². The fourth-order valence-corrected chi connectivity index (χ4v) is 8.49. The van der Waals surface area contributed by atoms with Gasteiger partial charge in [-0.1, -0.05) is 97.1 Å². The van der Waals surface area contributed by atoms with Crippen LogP contribution in [0.15, 0.2) is 160 Å². The molecule has 0 saturated carbocycles. The van der Waals surface area contributed by atoms with Gasteiger partial charge in [0.05, 0.1) is 0 Å². The Labute approximate surface area is 295 Å². The quantitative estimate of drug-likeness (QED) is 0.186. The van der Waals surface area contributed by atoms with E-state index < -0.39 is 0 Å². The lowest BCUT2D eigenvalue weighted by Gasteiger charge is -2.10. The van der Waals surface area contributed by atoms with E-state index in [1.165, 1.54) is 20.2 Å². The SMILES string of the molecule is c1ccc(-c2nc(-c3ccc4sc5ccccc5c4c3)nc(-c3cccc4oc5ccc(-c6cccc7oc8ccccc8c67)cc5c34)n2)cc1. The molecular formula is C45H25N3O2S. The van der Waals surface area contributed by atoms with Gasteiger partial charge in [0.25, 0.3) is 0 Å². The van der Waals surface area contributed by atoms with Crippen LogP contribution in [0.3, 0.4) is 0 Å². The van der Waals surface area contributed by atoms with Crippen LogP contribution in [0.5, 0.6) is 0 Å². The van der Waals surface area contributed by atoms with E-state index in [-0.39, 0.29) is 0 Å². The Bertz CT molecular complexity index is 3160. The molecule has 11 rings (SSSR count). The molecule has 0 unspecified atom stereocenters. The van der Waals surface area contributed by atoms with Gasteiger partial charge >= 0.3 is 0 Å². The molecule has 0 atom stereocenters. The van der Waals surface area contributed by atoms with Gasteiger partial charge in [-0.05, 0) is 65.7 Å². The number of thiophene rings is 1. The van der Waals surface area contributed by atoms with Gasteiger partial charge < -0.3 is 8.83 Å². The monoisotopic (exact) mass is 671 g/mol. The summed E-state index contributed by atoms with van der Waals surface area (Å²) in [6.45, 7) is 0. The largest absolute Gasteiger partial charge is 0.456 e. The summed E-state index contributed by atoms with van der Waals surface area (Å²) in [5, 5.41) is 6.60. The smallest absolute Gasteiger partial charge is 0.164 e. The molecule has 0 aliphatic heterocycles. The molecule has 0 fully saturated rings. The molecule has 4 heterocycles. The molecule has 0 spiro atoms. The minimum Gasteiger partial charge on any atom is -0.456 e. The summed E-state index contributed by atoms with van der Waals surface area (Å²) in [5.41, 5.74) is 8.27. The zero-order valence-electron chi connectivity index (χ0n) is 27.0. The highest BCUT2D eigenvalue weighted by molar-refractivity contribution is 7.25. The summed E-state index contributed by atoms with van der Waals surface area (Å²) in [4.78, 5) is 15.3. The van der Waals surface area contributed by atoms with Gasteiger partial charge in [-0.3, -0.25) is 0 Å². The Balaban J connectivity index is 1.14. The number of rotatable bonds is 4. The molecule has 51 heavy (non-hydrogen) atoms. The number of benzene rings is 7. The van der Waals surface area contributed by atoms with Crippen molar-refractivity contribution in [2.45, 2.75) is 0 Å². The van der Waals surface area contributed by atoms with Crippen LogP contribution in [0.1, 0.15) is 0 Å². The molecule has 4 aromatic heterocycles. The second-order valence-electron chi connectivity index (χ2n) is 12.8. The van der Waals surface area contributed by atoms with Crippen LogP contribution in [0, 0.1) is 0 Å². The van der Waals surface area contributed by atoms with Crippen LogP contribution in [0.2, 0.25) is 0 Å². The summed E-state index contributed by atoms with van der Waals surface area (Å²) in [6.07, 6.45) is 0. The van der Waals surface area contributed by atoms with Crippen LogP contribution in [-0.4, -0.2) is 15.0 Å². The molecule has 0 amide bonds. The van der Waals surface area contributed by atoms with Gasteiger partial charge in [-0.25, -0.2) is 15.0 Å². The molecule has 0 aliphatic carbocycles. The third-order valence-electron chi connectivity index (χ3n) is 9.75. The van der Waals surface area contributed by atoms with Crippen LogP contribution in [-0.2, 0) is 0 Å². The maximum absolute atomic E-state index is 6.47. The zero-order chi connectivity index (χ0) is 33.5. The molecule has 5 nitrogen and oxygen atoms in total. The predicted molar refractivity (Wildman–Crippen MR) is 209 cm³/mol. The average Bonchev–Trinajstić information content (AvgIpc) is 3.88.